The van der Waals surface area contributed by atoms with Gasteiger partial charge in [-0.1, -0.05) is 69.7 Å². The standard InChI is InChI=1S/C20H33N/c1-2-3-4-5-6-7-14-19(21)16-18-13-10-12-17-11-8-9-15-20(17)18/h8-9,11,15,18-19H,2-7,10,12-14,16,21H2,1H3. The Morgan fingerprint density at radius 3 is 2.71 bits per heavy atom. The first-order chi connectivity index (χ1) is 10.3. The molecule has 21 heavy (non-hydrogen) atoms. The number of aryl methyl sites for hydroxylation is 1. The third kappa shape index (κ3) is 5.47. The molecule has 2 rings (SSSR count). The maximum absolute atomic E-state index is 6.40. The van der Waals surface area contributed by atoms with E-state index in [-0.39, 0.29) is 0 Å². The summed E-state index contributed by atoms with van der Waals surface area (Å²) >= 11 is 0. The number of rotatable bonds is 9. The molecular weight excluding hydrogens is 254 g/mol. The van der Waals surface area contributed by atoms with Gasteiger partial charge in [0.05, 0.1) is 0 Å². The Bertz CT molecular complexity index is 399. The molecule has 1 heteroatoms. The topological polar surface area (TPSA) is 26.0 Å². The van der Waals surface area contributed by atoms with Crippen LogP contribution < -0.4 is 5.73 Å². The molecule has 2 unspecified atom stereocenters. The molecule has 0 bridgehead atoms. The van der Waals surface area contributed by atoms with E-state index in [9.17, 15) is 0 Å². The summed E-state index contributed by atoms with van der Waals surface area (Å²) in [6, 6.07) is 9.40. The fourth-order valence-electron chi connectivity index (χ4n) is 3.77. The van der Waals surface area contributed by atoms with Crippen LogP contribution in [-0.2, 0) is 6.42 Å². The number of benzene rings is 1. The number of fused-ring (bicyclic) bond motifs is 1. The van der Waals surface area contributed by atoms with Crippen molar-refractivity contribution in [2.45, 2.75) is 89.5 Å². The first-order valence-corrected chi connectivity index (χ1v) is 9.14. The first kappa shape index (κ1) is 16.5. The molecule has 0 fully saturated rings. The third-order valence-corrected chi connectivity index (χ3v) is 5.01. The van der Waals surface area contributed by atoms with Crippen LogP contribution in [0.5, 0.6) is 0 Å². The van der Waals surface area contributed by atoms with Crippen molar-refractivity contribution in [2.75, 3.05) is 0 Å². The van der Waals surface area contributed by atoms with Crippen molar-refractivity contribution >= 4 is 0 Å². The lowest BCUT2D eigenvalue weighted by Crippen LogP contribution is -2.24. The van der Waals surface area contributed by atoms with Gasteiger partial charge in [-0.2, -0.15) is 0 Å². The second-order valence-corrected chi connectivity index (χ2v) is 6.84. The highest BCUT2D eigenvalue weighted by Gasteiger charge is 2.21. The van der Waals surface area contributed by atoms with Gasteiger partial charge in [-0.15, -0.1) is 0 Å². The van der Waals surface area contributed by atoms with Gasteiger partial charge >= 0.3 is 0 Å². The zero-order valence-electron chi connectivity index (χ0n) is 13.8. The average molecular weight is 287 g/mol. The molecule has 1 aromatic rings. The van der Waals surface area contributed by atoms with Gasteiger partial charge in [0, 0.05) is 6.04 Å². The fourth-order valence-corrected chi connectivity index (χ4v) is 3.77. The number of hydrogen-bond donors (Lipinski definition) is 1. The summed E-state index contributed by atoms with van der Waals surface area (Å²) in [6.07, 6.45) is 14.6. The van der Waals surface area contributed by atoms with E-state index in [1.54, 1.807) is 11.1 Å². The van der Waals surface area contributed by atoms with E-state index in [2.05, 4.69) is 31.2 Å². The van der Waals surface area contributed by atoms with Crippen LogP contribution in [0.1, 0.15) is 88.2 Å². The minimum Gasteiger partial charge on any atom is -0.328 e. The molecule has 0 aliphatic heterocycles. The maximum Gasteiger partial charge on any atom is 0.00446 e. The van der Waals surface area contributed by atoms with E-state index in [1.807, 2.05) is 0 Å². The zero-order valence-corrected chi connectivity index (χ0v) is 13.8. The Hall–Kier alpha value is -0.820. The van der Waals surface area contributed by atoms with Crippen molar-refractivity contribution in [1.29, 1.82) is 0 Å². The van der Waals surface area contributed by atoms with Crippen LogP contribution in [0.25, 0.3) is 0 Å². The molecule has 0 heterocycles. The summed E-state index contributed by atoms with van der Waals surface area (Å²) in [5, 5.41) is 0. The molecule has 118 valence electrons. The van der Waals surface area contributed by atoms with Gasteiger partial charge < -0.3 is 5.73 Å². The summed E-state index contributed by atoms with van der Waals surface area (Å²) in [5.74, 6) is 0.713. The van der Waals surface area contributed by atoms with Crippen LogP contribution in [0.15, 0.2) is 24.3 Å². The van der Waals surface area contributed by atoms with Crippen molar-refractivity contribution in [3.63, 3.8) is 0 Å². The third-order valence-electron chi connectivity index (χ3n) is 5.01. The monoisotopic (exact) mass is 287 g/mol. The summed E-state index contributed by atoms with van der Waals surface area (Å²) in [4.78, 5) is 0. The van der Waals surface area contributed by atoms with Crippen LogP contribution in [0, 0.1) is 0 Å². The van der Waals surface area contributed by atoms with Crippen LogP contribution >= 0.6 is 0 Å². The van der Waals surface area contributed by atoms with Gasteiger partial charge in [0.15, 0.2) is 0 Å². The van der Waals surface area contributed by atoms with E-state index in [1.165, 1.54) is 70.6 Å². The largest absolute Gasteiger partial charge is 0.328 e. The SMILES string of the molecule is CCCCCCCCC(N)CC1CCCc2ccccc21. The maximum atomic E-state index is 6.40. The molecule has 0 aromatic heterocycles. The van der Waals surface area contributed by atoms with Gasteiger partial charge in [-0.25, -0.2) is 0 Å². The first-order valence-electron chi connectivity index (χ1n) is 9.14. The smallest absolute Gasteiger partial charge is 0.00446 e. The Kier molecular flexibility index (Phi) is 7.29. The van der Waals surface area contributed by atoms with E-state index >= 15 is 0 Å². The Morgan fingerprint density at radius 2 is 1.86 bits per heavy atom. The van der Waals surface area contributed by atoms with Gasteiger partial charge in [0.25, 0.3) is 0 Å². The van der Waals surface area contributed by atoms with Crippen molar-refractivity contribution in [3.8, 4) is 0 Å². The van der Waals surface area contributed by atoms with E-state index in [0.29, 0.717) is 12.0 Å². The lowest BCUT2D eigenvalue weighted by atomic mass is 9.79. The van der Waals surface area contributed by atoms with Crippen molar-refractivity contribution in [1.82, 2.24) is 0 Å². The fraction of sp³-hybridized carbons (Fsp3) is 0.700. The van der Waals surface area contributed by atoms with E-state index in [0.717, 1.165) is 0 Å². The molecule has 0 spiro atoms. The average Bonchev–Trinajstić information content (AvgIpc) is 2.51. The van der Waals surface area contributed by atoms with Crippen LogP contribution in [0.2, 0.25) is 0 Å². The molecule has 2 N–H and O–H groups in total. The minimum atomic E-state index is 0.396. The van der Waals surface area contributed by atoms with Gasteiger partial charge in [0.2, 0.25) is 0 Å². The molecule has 1 aromatic carbocycles. The zero-order chi connectivity index (χ0) is 14.9. The number of nitrogens with two attached hydrogens (primary N) is 1. The number of unbranched alkanes of at least 4 members (excludes halogenated alkanes) is 5. The molecule has 0 radical (unpaired) electrons. The summed E-state index contributed by atoms with van der Waals surface area (Å²) < 4.78 is 0. The summed E-state index contributed by atoms with van der Waals surface area (Å²) in [6.45, 7) is 2.28. The highest BCUT2D eigenvalue weighted by molar-refractivity contribution is 5.32. The van der Waals surface area contributed by atoms with Crippen molar-refractivity contribution < 1.29 is 0 Å². The molecule has 0 saturated heterocycles. The van der Waals surface area contributed by atoms with Crippen LogP contribution in [0.3, 0.4) is 0 Å². The highest BCUT2D eigenvalue weighted by atomic mass is 14.6. The van der Waals surface area contributed by atoms with E-state index < -0.39 is 0 Å². The van der Waals surface area contributed by atoms with E-state index in [4.69, 9.17) is 5.73 Å². The quantitative estimate of drug-likeness (QED) is 0.590. The molecule has 1 aliphatic rings. The summed E-state index contributed by atoms with van der Waals surface area (Å²) in [5.41, 5.74) is 9.56. The lowest BCUT2D eigenvalue weighted by molar-refractivity contribution is 0.438. The van der Waals surface area contributed by atoms with Crippen molar-refractivity contribution in [2.24, 2.45) is 5.73 Å². The van der Waals surface area contributed by atoms with Gasteiger partial charge in [-0.05, 0) is 49.1 Å². The van der Waals surface area contributed by atoms with Crippen molar-refractivity contribution in [3.05, 3.63) is 35.4 Å². The van der Waals surface area contributed by atoms with Crippen LogP contribution in [0.4, 0.5) is 0 Å². The Balaban J connectivity index is 1.70. The Labute approximate surface area is 131 Å². The van der Waals surface area contributed by atoms with Gasteiger partial charge in [-0.3, -0.25) is 0 Å². The molecule has 2 atom stereocenters. The predicted octanol–water partition coefficient (Wildman–Crippen LogP) is 5.57. The molecule has 0 amide bonds. The minimum absolute atomic E-state index is 0.396. The van der Waals surface area contributed by atoms with Gasteiger partial charge in [0.1, 0.15) is 0 Å². The Morgan fingerprint density at radius 1 is 1.10 bits per heavy atom. The second kappa shape index (κ2) is 9.25. The summed E-state index contributed by atoms with van der Waals surface area (Å²) in [7, 11) is 0. The molecule has 1 nitrogen and oxygen atoms in total. The molecule has 1 aliphatic carbocycles. The normalized spacial score (nSPS) is 19.2. The second-order valence-electron chi connectivity index (χ2n) is 6.84. The molecule has 0 saturated carbocycles. The highest BCUT2D eigenvalue weighted by Crippen LogP contribution is 2.34. The molecular formula is C20H33N. The predicted molar refractivity (Wildman–Crippen MR) is 92.7 cm³/mol. The lowest BCUT2D eigenvalue weighted by Gasteiger charge is -2.27. The van der Waals surface area contributed by atoms with Crippen LogP contribution in [-0.4, -0.2) is 6.04 Å². The number of hydrogen-bond acceptors (Lipinski definition) is 1.